The molecule has 0 saturated heterocycles. The largest absolute Gasteiger partial charge is 0.573 e. The second-order valence-corrected chi connectivity index (χ2v) is 4.15. The van der Waals surface area contributed by atoms with Gasteiger partial charge >= 0.3 is 6.36 Å². The number of anilines is 1. The molecule has 0 fully saturated rings. The number of carbonyl (C=O) groups excluding carboxylic acids is 1. The maximum atomic E-state index is 13.4. The van der Waals surface area contributed by atoms with Gasteiger partial charge in [0.05, 0.1) is 5.56 Å². The number of halogens is 5. The predicted molar refractivity (Wildman–Crippen MR) is 67.4 cm³/mol. The third-order valence-corrected chi connectivity index (χ3v) is 2.52. The fourth-order valence-electron chi connectivity index (χ4n) is 1.61. The number of amides is 1. The topological polar surface area (TPSA) is 38.3 Å². The molecule has 2 rings (SSSR count). The Balaban J connectivity index is 2.10. The maximum absolute atomic E-state index is 13.4. The van der Waals surface area contributed by atoms with Crippen molar-refractivity contribution in [1.82, 2.24) is 0 Å². The van der Waals surface area contributed by atoms with Gasteiger partial charge in [-0.25, -0.2) is 8.78 Å². The third-order valence-electron chi connectivity index (χ3n) is 2.52. The van der Waals surface area contributed by atoms with E-state index < -0.39 is 35.2 Å². The molecule has 0 unspecified atom stereocenters. The van der Waals surface area contributed by atoms with E-state index in [-0.39, 0.29) is 5.69 Å². The molecular formula is C14H8F5NO2. The molecule has 0 bridgehead atoms. The van der Waals surface area contributed by atoms with Crippen LogP contribution in [0, 0.1) is 11.6 Å². The van der Waals surface area contributed by atoms with Crippen LogP contribution in [0.15, 0.2) is 42.5 Å². The number of rotatable bonds is 3. The Morgan fingerprint density at radius 1 is 1.00 bits per heavy atom. The minimum absolute atomic E-state index is 0.100. The molecule has 0 aliphatic carbocycles. The lowest BCUT2D eigenvalue weighted by Gasteiger charge is -2.10. The molecule has 2 aromatic carbocycles. The molecule has 0 aromatic heterocycles. The first-order valence-electron chi connectivity index (χ1n) is 5.87. The van der Waals surface area contributed by atoms with Gasteiger partial charge in [-0.3, -0.25) is 4.79 Å². The second kappa shape index (κ2) is 6.00. The Hall–Kier alpha value is -2.64. The number of alkyl halides is 3. The van der Waals surface area contributed by atoms with E-state index in [0.717, 1.165) is 36.4 Å². The molecule has 0 aliphatic heterocycles. The third kappa shape index (κ3) is 4.18. The molecule has 1 amide bonds. The summed E-state index contributed by atoms with van der Waals surface area (Å²) >= 11 is 0. The van der Waals surface area contributed by atoms with Crippen LogP contribution in [0.2, 0.25) is 0 Å². The van der Waals surface area contributed by atoms with Crippen molar-refractivity contribution < 1.29 is 31.5 Å². The lowest BCUT2D eigenvalue weighted by atomic mass is 10.2. The summed E-state index contributed by atoms with van der Waals surface area (Å²) in [4.78, 5) is 11.8. The van der Waals surface area contributed by atoms with E-state index in [2.05, 4.69) is 10.1 Å². The second-order valence-electron chi connectivity index (χ2n) is 4.15. The van der Waals surface area contributed by atoms with Crippen LogP contribution in [-0.2, 0) is 0 Å². The zero-order valence-corrected chi connectivity index (χ0v) is 10.7. The fraction of sp³-hybridized carbons (Fsp3) is 0.0714. The minimum Gasteiger partial charge on any atom is -0.406 e. The monoisotopic (exact) mass is 317 g/mol. The van der Waals surface area contributed by atoms with E-state index in [4.69, 9.17) is 0 Å². The summed E-state index contributed by atoms with van der Waals surface area (Å²) in [5.41, 5.74) is -0.418. The summed E-state index contributed by atoms with van der Waals surface area (Å²) in [6.07, 6.45) is -4.82. The highest BCUT2D eigenvalue weighted by atomic mass is 19.4. The minimum atomic E-state index is -4.82. The summed E-state index contributed by atoms with van der Waals surface area (Å²) in [5, 5.41) is 2.23. The van der Waals surface area contributed by atoms with Crippen LogP contribution in [0.1, 0.15) is 10.4 Å². The van der Waals surface area contributed by atoms with Crippen molar-refractivity contribution in [3.63, 3.8) is 0 Å². The number of benzene rings is 2. The fourth-order valence-corrected chi connectivity index (χ4v) is 1.61. The lowest BCUT2D eigenvalue weighted by molar-refractivity contribution is -0.274. The van der Waals surface area contributed by atoms with Crippen molar-refractivity contribution in [3.05, 3.63) is 59.7 Å². The van der Waals surface area contributed by atoms with Gasteiger partial charge in [0.2, 0.25) is 0 Å². The number of hydrogen-bond acceptors (Lipinski definition) is 2. The van der Waals surface area contributed by atoms with Crippen LogP contribution in [0.4, 0.5) is 27.6 Å². The summed E-state index contributed by atoms with van der Waals surface area (Å²) in [5.74, 6) is -3.11. The number of hydrogen-bond donors (Lipinski definition) is 1. The molecule has 22 heavy (non-hydrogen) atoms. The Kier molecular flexibility index (Phi) is 4.30. The highest BCUT2D eigenvalue weighted by Crippen LogP contribution is 2.24. The van der Waals surface area contributed by atoms with Crippen LogP contribution < -0.4 is 10.1 Å². The molecule has 0 saturated carbocycles. The summed E-state index contributed by atoms with van der Waals surface area (Å²) in [6, 6.07) is 6.59. The van der Waals surface area contributed by atoms with E-state index in [1.54, 1.807) is 0 Å². The standard InChI is InChI=1S/C14H8F5NO2/c15-8-1-6-12(16)11(7-8)13(21)20-9-2-4-10(5-3-9)22-14(17,18)19/h1-7H,(H,20,21). The van der Waals surface area contributed by atoms with Gasteiger partial charge in [0.15, 0.2) is 0 Å². The smallest absolute Gasteiger partial charge is 0.406 e. The number of ether oxygens (including phenoxy) is 1. The Labute approximate surface area is 121 Å². The highest BCUT2D eigenvalue weighted by molar-refractivity contribution is 6.04. The van der Waals surface area contributed by atoms with Gasteiger partial charge in [0.25, 0.3) is 5.91 Å². The van der Waals surface area contributed by atoms with Crippen LogP contribution >= 0.6 is 0 Å². The Bertz CT molecular complexity index is 683. The molecule has 116 valence electrons. The lowest BCUT2D eigenvalue weighted by Crippen LogP contribution is -2.17. The van der Waals surface area contributed by atoms with Crippen molar-refractivity contribution in [2.45, 2.75) is 6.36 Å². The van der Waals surface area contributed by atoms with E-state index in [0.29, 0.717) is 6.07 Å². The number of nitrogens with one attached hydrogen (secondary N) is 1. The zero-order valence-electron chi connectivity index (χ0n) is 10.7. The molecule has 0 heterocycles. The molecule has 2 aromatic rings. The summed E-state index contributed by atoms with van der Waals surface area (Å²) in [6.45, 7) is 0. The van der Waals surface area contributed by atoms with Crippen molar-refractivity contribution in [2.75, 3.05) is 5.32 Å². The predicted octanol–water partition coefficient (Wildman–Crippen LogP) is 4.12. The van der Waals surface area contributed by atoms with Gasteiger partial charge < -0.3 is 10.1 Å². The first-order valence-corrected chi connectivity index (χ1v) is 5.87. The number of carbonyl (C=O) groups is 1. The molecule has 8 heteroatoms. The van der Waals surface area contributed by atoms with Gasteiger partial charge in [-0.1, -0.05) is 0 Å². The first kappa shape index (κ1) is 15.7. The van der Waals surface area contributed by atoms with E-state index in [9.17, 15) is 26.7 Å². The van der Waals surface area contributed by atoms with Gasteiger partial charge in [0.1, 0.15) is 17.4 Å². The van der Waals surface area contributed by atoms with Gasteiger partial charge in [0, 0.05) is 5.69 Å². The molecule has 0 radical (unpaired) electrons. The maximum Gasteiger partial charge on any atom is 0.573 e. The summed E-state index contributed by atoms with van der Waals surface area (Å²) < 4.78 is 66.0. The van der Waals surface area contributed by atoms with Crippen molar-refractivity contribution in [3.8, 4) is 5.75 Å². The van der Waals surface area contributed by atoms with E-state index in [1.807, 2.05) is 0 Å². The Morgan fingerprint density at radius 3 is 2.23 bits per heavy atom. The SMILES string of the molecule is O=C(Nc1ccc(OC(F)(F)F)cc1)c1cc(F)ccc1F. The molecule has 0 spiro atoms. The van der Waals surface area contributed by atoms with Gasteiger partial charge in [-0.05, 0) is 42.5 Å². The molecular weight excluding hydrogens is 309 g/mol. The average molecular weight is 317 g/mol. The van der Waals surface area contributed by atoms with Crippen LogP contribution in [0.5, 0.6) is 5.75 Å². The zero-order chi connectivity index (χ0) is 16.3. The van der Waals surface area contributed by atoms with Crippen molar-refractivity contribution in [1.29, 1.82) is 0 Å². The molecule has 0 aliphatic rings. The van der Waals surface area contributed by atoms with Gasteiger partial charge in [-0.2, -0.15) is 0 Å². The van der Waals surface area contributed by atoms with Crippen LogP contribution in [0.25, 0.3) is 0 Å². The van der Waals surface area contributed by atoms with Crippen LogP contribution in [0.3, 0.4) is 0 Å². The van der Waals surface area contributed by atoms with E-state index in [1.165, 1.54) is 0 Å². The molecule has 0 atom stereocenters. The van der Waals surface area contributed by atoms with Crippen molar-refractivity contribution in [2.24, 2.45) is 0 Å². The quantitative estimate of drug-likeness (QED) is 0.865. The van der Waals surface area contributed by atoms with Crippen molar-refractivity contribution >= 4 is 11.6 Å². The normalized spacial score (nSPS) is 11.1. The molecule has 1 N–H and O–H groups in total. The van der Waals surface area contributed by atoms with Crippen LogP contribution in [-0.4, -0.2) is 12.3 Å². The highest BCUT2D eigenvalue weighted by Gasteiger charge is 2.30. The summed E-state index contributed by atoms with van der Waals surface area (Å²) in [7, 11) is 0. The molecule has 3 nitrogen and oxygen atoms in total. The average Bonchev–Trinajstić information content (AvgIpc) is 2.42. The van der Waals surface area contributed by atoms with E-state index >= 15 is 0 Å². The van der Waals surface area contributed by atoms with Gasteiger partial charge in [-0.15, -0.1) is 13.2 Å². The Morgan fingerprint density at radius 2 is 1.64 bits per heavy atom. The first-order chi connectivity index (χ1) is 10.2.